The molecule has 0 rings (SSSR count). The maximum absolute atomic E-state index is 13.8. The predicted octanol–water partition coefficient (Wildman–Crippen LogP) is 4.33. The zero-order valence-electron chi connectivity index (χ0n) is 22.8. The largest absolute Gasteiger partial charge is 0.495 e. The summed E-state index contributed by atoms with van der Waals surface area (Å²) >= 11 is 0. The molecule has 0 aliphatic carbocycles. The Kier molecular flexibility index (Phi) is 16.7. The fourth-order valence-corrected chi connectivity index (χ4v) is 2.21. The van der Waals surface area contributed by atoms with Gasteiger partial charge in [0.25, 0.3) is 0 Å². The molecule has 0 aromatic carbocycles. The molecule has 0 saturated heterocycles. The first kappa shape index (κ1) is 40.5. The molecular weight excluding hydrogens is 626 g/mol. The summed E-state index contributed by atoms with van der Waals surface area (Å²) in [5.74, 6) is -14.1. The Labute approximate surface area is 238 Å². The Balaban J connectivity index is 4.64. The highest BCUT2D eigenvalue weighted by atomic mass is 19.4. The standard InChI is InChI=1S/C23H30F10O10/c1-15(2)17(34)40-11-9-36-5-7-38-13-19(24,25)21(28,29)22(30,31)43-23(32,33)42-20(26,27)14-39-8-6-37-10-12-41-18(35)16(3)4/h1,3,5-14H2,2,4H3. The number of esters is 2. The van der Waals surface area contributed by atoms with Crippen molar-refractivity contribution in [1.82, 2.24) is 0 Å². The molecule has 0 atom stereocenters. The Morgan fingerprint density at radius 3 is 1.35 bits per heavy atom. The van der Waals surface area contributed by atoms with Gasteiger partial charge in [-0.1, -0.05) is 13.2 Å². The van der Waals surface area contributed by atoms with Gasteiger partial charge in [-0.2, -0.15) is 35.1 Å². The first-order valence-corrected chi connectivity index (χ1v) is 11.8. The zero-order chi connectivity index (χ0) is 33.5. The smallest absolute Gasteiger partial charge is 0.460 e. The lowest BCUT2D eigenvalue weighted by molar-refractivity contribution is -0.544. The van der Waals surface area contributed by atoms with Gasteiger partial charge in [0.1, 0.15) is 26.4 Å². The summed E-state index contributed by atoms with van der Waals surface area (Å²) in [7, 11) is 0. The van der Waals surface area contributed by atoms with E-state index in [-0.39, 0.29) is 37.6 Å². The van der Waals surface area contributed by atoms with Crippen molar-refractivity contribution < 1.29 is 91.4 Å². The lowest BCUT2D eigenvalue weighted by Gasteiger charge is -2.34. The molecule has 0 fully saturated rings. The van der Waals surface area contributed by atoms with E-state index in [1.54, 1.807) is 0 Å². The molecule has 0 aromatic rings. The van der Waals surface area contributed by atoms with E-state index in [1.165, 1.54) is 13.8 Å². The van der Waals surface area contributed by atoms with Crippen LogP contribution in [0, 0.1) is 0 Å². The summed E-state index contributed by atoms with van der Waals surface area (Å²) in [6.45, 7) is 1.07. The molecule has 0 amide bonds. The van der Waals surface area contributed by atoms with Crippen LogP contribution in [-0.2, 0) is 47.5 Å². The summed E-state index contributed by atoms with van der Waals surface area (Å²) in [5, 5.41) is 0. The monoisotopic (exact) mass is 656 g/mol. The summed E-state index contributed by atoms with van der Waals surface area (Å²) in [4.78, 5) is 22.2. The number of ether oxygens (including phenoxy) is 8. The topological polar surface area (TPSA) is 108 Å². The number of halogens is 10. The molecule has 0 heterocycles. The number of carbonyl (C=O) groups is 2. The summed E-state index contributed by atoms with van der Waals surface area (Å²) < 4.78 is 169. The molecule has 0 radical (unpaired) electrons. The van der Waals surface area contributed by atoms with Crippen LogP contribution in [0.25, 0.3) is 0 Å². The maximum atomic E-state index is 13.8. The van der Waals surface area contributed by atoms with Crippen molar-refractivity contribution in [2.75, 3.05) is 66.1 Å². The van der Waals surface area contributed by atoms with Gasteiger partial charge in [0.05, 0.1) is 39.6 Å². The van der Waals surface area contributed by atoms with Gasteiger partial charge in [-0.05, 0) is 13.8 Å². The van der Waals surface area contributed by atoms with E-state index in [0.29, 0.717) is 0 Å². The molecule has 0 bridgehead atoms. The van der Waals surface area contributed by atoms with Crippen LogP contribution in [0.1, 0.15) is 13.8 Å². The average molecular weight is 656 g/mol. The lowest BCUT2D eigenvalue weighted by atomic mass is 10.1. The Bertz CT molecular complexity index is 915. The fraction of sp³-hybridized carbons (Fsp3) is 0.739. The van der Waals surface area contributed by atoms with Crippen LogP contribution >= 0.6 is 0 Å². The Morgan fingerprint density at radius 2 is 0.930 bits per heavy atom. The van der Waals surface area contributed by atoms with Crippen molar-refractivity contribution >= 4 is 11.9 Å². The molecular formula is C23H30F10O10. The number of carbonyl (C=O) groups excluding carboxylic acids is 2. The molecule has 252 valence electrons. The van der Waals surface area contributed by atoms with E-state index in [2.05, 4.69) is 41.6 Å². The van der Waals surface area contributed by atoms with Gasteiger partial charge in [0.15, 0.2) is 0 Å². The molecule has 10 nitrogen and oxygen atoms in total. The summed E-state index contributed by atoms with van der Waals surface area (Å²) in [6, 6.07) is 0. The van der Waals surface area contributed by atoms with E-state index in [0.717, 1.165) is 0 Å². The van der Waals surface area contributed by atoms with E-state index < -0.39 is 81.9 Å². The van der Waals surface area contributed by atoms with Crippen molar-refractivity contribution in [3.05, 3.63) is 24.3 Å². The molecule has 0 aliphatic rings. The summed E-state index contributed by atoms with van der Waals surface area (Å²) in [6.07, 6.45) is -18.1. The quantitative estimate of drug-likeness (QED) is 0.0490. The highest BCUT2D eigenvalue weighted by molar-refractivity contribution is 5.87. The van der Waals surface area contributed by atoms with Crippen molar-refractivity contribution in [3.63, 3.8) is 0 Å². The molecule has 0 N–H and O–H groups in total. The van der Waals surface area contributed by atoms with Crippen molar-refractivity contribution in [2.24, 2.45) is 0 Å². The van der Waals surface area contributed by atoms with Crippen LogP contribution < -0.4 is 0 Å². The van der Waals surface area contributed by atoms with Crippen LogP contribution in [0.5, 0.6) is 0 Å². The highest BCUT2D eigenvalue weighted by Gasteiger charge is 2.75. The van der Waals surface area contributed by atoms with Gasteiger partial charge in [-0.15, -0.1) is 8.78 Å². The third-order valence-electron chi connectivity index (χ3n) is 4.26. The second-order valence-electron chi connectivity index (χ2n) is 8.26. The second kappa shape index (κ2) is 17.7. The van der Waals surface area contributed by atoms with Crippen LogP contribution in [0.2, 0.25) is 0 Å². The molecule has 43 heavy (non-hydrogen) atoms. The van der Waals surface area contributed by atoms with E-state index >= 15 is 0 Å². The first-order chi connectivity index (χ1) is 19.6. The van der Waals surface area contributed by atoms with Gasteiger partial charge in [-0.3, -0.25) is 0 Å². The van der Waals surface area contributed by atoms with E-state index in [4.69, 9.17) is 9.47 Å². The Hall–Kier alpha value is -2.52. The van der Waals surface area contributed by atoms with E-state index in [9.17, 15) is 53.5 Å². The van der Waals surface area contributed by atoms with Gasteiger partial charge in [-0.25, -0.2) is 19.1 Å². The molecule has 0 aliphatic heterocycles. The number of hydrogen-bond donors (Lipinski definition) is 0. The second-order valence-corrected chi connectivity index (χ2v) is 8.26. The minimum absolute atomic E-state index is 0.0650. The van der Waals surface area contributed by atoms with E-state index in [1.807, 2.05) is 0 Å². The van der Waals surface area contributed by atoms with Crippen LogP contribution in [-0.4, -0.2) is 108 Å². The molecule has 0 spiro atoms. The molecule has 0 unspecified atom stereocenters. The fourth-order valence-electron chi connectivity index (χ4n) is 2.21. The minimum atomic E-state index is -6.76. The predicted molar refractivity (Wildman–Crippen MR) is 122 cm³/mol. The molecule has 0 aromatic heterocycles. The maximum Gasteiger partial charge on any atom is 0.495 e. The number of alkyl halides is 10. The van der Waals surface area contributed by atoms with Gasteiger partial charge in [0.2, 0.25) is 0 Å². The van der Waals surface area contributed by atoms with Crippen LogP contribution in [0.4, 0.5) is 43.9 Å². The summed E-state index contributed by atoms with van der Waals surface area (Å²) in [5.41, 5.74) is 0.154. The van der Waals surface area contributed by atoms with Crippen molar-refractivity contribution in [1.29, 1.82) is 0 Å². The van der Waals surface area contributed by atoms with Gasteiger partial charge >= 0.3 is 42.3 Å². The third kappa shape index (κ3) is 15.7. The third-order valence-corrected chi connectivity index (χ3v) is 4.26. The molecule has 0 saturated carbocycles. The number of rotatable bonds is 24. The highest BCUT2D eigenvalue weighted by Crippen LogP contribution is 2.49. The van der Waals surface area contributed by atoms with Gasteiger partial charge < -0.3 is 28.4 Å². The van der Waals surface area contributed by atoms with Crippen molar-refractivity contribution in [3.8, 4) is 0 Å². The Morgan fingerprint density at radius 1 is 0.558 bits per heavy atom. The average Bonchev–Trinajstić information content (AvgIpc) is 2.84. The first-order valence-electron chi connectivity index (χ1n) is 11.8. The van der Waals surface area contributed by atoms with Crippen LogP contribution in [0.3, 0.4) is 0 Å². The lowest BCUT2D eigenvalue weighted by Crippen LogP contribution is -2.59. The normalized spacial score (nSPS) is 13.1. The number of hydrogen-bond acceptors (Lipinski definition) is 10. The van der Waals surface area contributed by atoms with Crippen molar-refractivity contribution in [2.45, 2.75) is 44.2 Å². The SMILES string of the molecule is C=C(C)C(=O)OCCOCCOCC(F)(F)OC(F)(F)OC(F)(F)C(F)(F)C(F)(F)COCCOCCOC(=O)C(=C)C. The molecule has 20 heteroatoms. The van der Waals surface area contributed by atoms with Gasteiger partial charge in [0, 0.05) is 11.1 Å². The zero-order valence-corrected chi connectivity index (χ0v) is 22.8. The van der Waals surface area contributed by atoms with Crippen LogP contribution in [0.15, 0.2) is 24.3 Å². The minimum Gasteiger partial charge on any atom is -0.460 e.